The summed E-state index contributed by atoms with van der Waals surface area (Å²) in [6.07, 6.45) is 4.16. The maximum atomic E-state index is 12.9. The normalized spacial score (nSPS) is 17.8. The summed E-state index contributed by atoms with van der Waals surface area (Å²) in [5.41, 5.74) is 5.98. The second-order valence-corrected chi connectivity index (χ2v) is 9.15. The summed E-state index contributed by atoms with van der Waals surface area (Å²) in [6, 6.07) is -1.16. The minimum Gasteiger partial charge on any atom is -0.480 e. The Balaban J connectivity index is 5.09. The van der Waals surface area contributed by atoms with Gasteiger partial charge in [-0.1, -0.05) is 40.5 Å². The highest BCUT2D eigenvalue weighted by atomic mass is 32.2. The number of nitrogens with two attached hydrogens (primary N) is 1. The second-order valence-electron chi connectivity index (χ2n) is 7.80. The highest BCUT2D eigenvalue weighted by Gasteiger charge is 2.29. The van der Waals surface area contributed by atoms with Gasteiger partial charge in [-0.3, -0.25) is 4.79 Å². The number of aliphatic carboxylic acids is 1. The van der Waals surface area contributed by atoms with Gasteiger partial charge in [0, 0.05) is 30.9 Å². The van der Waals surface area contributed by atoms with Gasteiger partial charge < -0.3 is 26.8 Å². The van der Waals surface area contributed by atoms with Crippen molar-refractivity contribution in [3.05, 3.63) is 0 Å². The zero-order valence-electron chi connectivity index (χ0n) is 18.6. The van der Waals surface area contributed by atoms with Crippen molar-refractivity contribution in [1.29, 1.82) is 0 Å². The quantitative estimate of drug-likeness (QED) is 0.186. The van der Waals surface area contributed by atoms with Gasteiger partial charge in [-0.05, 0) is 30.3 Å². The van der Waals surface area contributed by atoms with Crippen LogP contribution in [-0.4, -0.2) is 72.0 Å². The smallest absolute Gasteiger partial charge is 0.326 e. The maximum Gasteiger partial charge on any atom is 0.326 e. The molecule has 172 valence electrons. The number of hydrogen-bond acceptors (Lipinski definition) is 7. The van der Waals surface area contributed by atoms with Crippen molar-refractivity contribution in [2.24, 2.45) is 17.6 Å². The van der Waals surface area contributed by atoms with E-state index in [1.54, 1.807) is 11.8 Å². The van der Waals surface area contributed by atoms with E-state index in [0.29, 0.717) is 36.9 Å². The lowest BCUT2D eigenvalue weighted by Crippen LogP contribution is -2.56. The topological polar surface area (TPSA) is 116 Å². The highest BCUT2D eigenvalue weighted by Crippen LogP contribution is 2.12. The summed E-state index contributed by atoms with van der Waals surface area (Å²) in [6.45, 7) is 9.63. The highest BCUT2D eigenvalue weighted by molar-refractivity contribution is 7.98. The number of carboxylic acids is 1. The van der Waals surface area contributed by atoms with Crippen LogP contribution in [0.1, 0.15) is 47.0 Å². The van der Waals surface area contributed by atoms with E-state index in [1.165, 1.54) is 0 Å². The molecule has 0 saturated heterocycles. The third-order valence-electron chi connectivity index (χ3n) is 5.49. The van der Waals surface area contributed by atoms with Crippen LogP contribution in [0.3, 0.4) is 0 Å². The lowest BCUT2D eigenvalue weighted by Gasteiger charge is -2.30. The summed E-state index contributed by atoms with van der Waals surface area (Å²) in [5.74, 6) is 0.548. The third-order valence-corrected chi connectivity index (χ3v) is 6.60. The van der Waals surface area contributed by atoms with Gasteiger partial charge in [0.25, 0.3) is 0 Å². The predicted molar refractivity (Wildman–Crippen MR) is 127 cm³/mol. The van der Waals surface area contributed by atoms with Crippen LogP contribution in [0.25, 0.3) is 0 Å². The van der Waals surface area contributed by atoms with Crippen LogP contribution in [0.5, 0.6) is 0 Å². The predicted octanol–water partition coefficient (Wildman–Crippen LogP) is 1.57. The van der Waals surface area contributed by atoms with Crippen molar-refractivity contribution >= 4 is 36.3 Å². The number of carbonyl (C=O) groups is 2. The minimum atomic E-state index is -0.991. The zero-order valence-corrected chi connectivity index (χ0v) is 20.3. The number of rotatable bonds is 17. The van der Waals surface area contributed by atoms with Crippen LogP contribution >= 0.6 is 24.4 Å². The van der Waals surface area contributed by atoms with E-state index in [9.17, 15) is 14.7 Å². The molecule has 0 aromatic rings. The molecule has 0 fully saturated rings. The van der Waals surface area contributed by atoms with E-state index < -0.39 is 18.1 Å². The van der Waals surface area contributed by atoms with E-state index in [0.717, 1.165) is 12.8 Å². The first kappa shape index (κ1) is 28.5. The standard InChI is InChI=1S/C20H42N4O3S2/c1-6-13(3)17(22-10-15(21)12-28)11-23-18(14(4)7-2)19(25)24-16(20(26)27)8-9-29-5/h13-18,22-23,28H,6-12,21H2,1-5H3,(H,24,25)(H,26,27)/t13-,14-,15+,16-,17+,18?/m0/s1. The van der Waals surface area contributed by atoms with Gasteiger partial charge in [0.15, 0.2) is 0 Å². The van der Waals surface area contributed by atoms with Crippen molar-refractivity contribution in [3.8, 4) is 0 Å². The lowest BCUT2D eigenvalue weighted by molar-refractivity contribution is -0.142. The Labute approximate surface area is 186 Å². The average molecular weight is 451 g/mol. The first-order valence-corrected chi connectivity index (χ1v) is 12.6. The van der Waals surface area contributed by atoms with Crippen LogP contribution in [0.4, 0.5) is 0 Å². The molecule has 6 N–H and O–H groups in total. The molecule has 29 heavy (non-hydrogen) atoms. The Kier molecular flexibility index (Phi) is 16.0. The number of carbonyl (C=O) groups excluding carboxylic acids is 1. The molecule has 1 unspecified atom stereocenters. The van der Waals surface area contributed by atoms with Gasteiger partial charge >= 0.3 is 5.97 Å². The summed E-state index contributed by atoms with van der Waals surface area (Å²) >= 11 is 5.80. The number of thiol groups is 1. The molecule has 0 aliphatic carbocycles. The Hall–Kier alpha value is -0.480. The molecule has 7 nitrogen and oxygen atoms in total. The van der Waals surface area contributed by atoms with E-state index in [-0.39, 0.29) is 23.9 Å². The van der Waals surface area contributed by atoms with Crippen LogP contribution < -0.4 is 21.7 Å². The molecule has 0 radical (unpaired) electrons. The maximum absolute atomic E-state index is 12.9. The summed E-state index contributed by atoms with van der Waals surface area (Å²) in [7, 11) is 0. The van der Waals surface area contributed by atoms with Gasteiger partial charge in [-0.15, -0.1) is 0 Å². The van der Waals surface area contributed by atoms with Crippen LogP contribution in [0.15, 0.2) is 0 Å². The molecule has 0 aromatic heterocycles. The molecule has 0 aliphatic rings. The zero-order chi connectivity index (χ0) is 22.4. The molecule has 0 aromatic carbocycles. The monoisotopic (exact) mass is 450 g/mol. The number of carboxylic acid groups (broad SMARTS) is 1. The molecule has 1 amide bonds. The van der Waals surface area contributed by atoms with Gasteiger partial charge in [-0.2, -0.15) is 24.4 Å². The Bertz CT molecular complexity index is 471. The average Bonchev–Trinajstić information content (AvgIpc) is 2.71. The minimum absolute atomic E-state index is 0.0219. The van der Waals surface area contributed by atoms with Crippen molar-refractivity contribution in [3.63, 3.8) is 0 Å². The van der Waals surface area contributed by atoms with Gasteiger partial charge in [0.2, 0.25) is 5.91 Å². The molecule has 6 atom stereocenters. The Morgan fingerprint density at radius 3 is 2.21 bits per heavy atom. The van der Waals surface area contributed by atoms with Gasteiger partial charge in [0.05, 0.1) is 6.04 Å². The van der Waals surface area contributed by atoms with Gasteiger partial charge in [-0.25, -0.2) is 4.79 Å². The first-order valence-electron chi connectivity index (χ1n) is 10.6. The fourth-order valence-electron chi connectivity index (χ4n) is 2.92. The van der Waals surface area contributed by atoms with Crippen molar-refractivity contribution in [2.75, 3.05) is 30.9 Å². The molecule has 0 saturated carbocycles. The van der Waals surface area contributed by atoms with E-state index in [2.05, 4.69) is 42.4 Å². The van der Waals surface area contributed by atoms with E-state index in [4.69, 9.17) is 5.73 Å². The molecule has 0 heterocycles. The van der Waals surface area contributed by atoms with Crippen molar-refractivity contribution in [2.45, 2.75) is 71.1 Å². The summed E-state index contributed by atoms with van der Waals surface area (Å²) in [4.78, 5) is 24.4. The molecule has 0 aliphatic heterocycles. The van der Waals surface area contributed by atoms with Crippen LogP contribution in [0, 0.1) is 11.8 Å². The Morgan fingerprint density at radius 2 is 1.72 bits per heavy atom. The van der Waals surface area contributed by atoms with Crippen LogP contribution in [-0.2, 0) is 9.59 Å². The number of thioether (sulfide) groups is 1. The summed E-state index contributed by atoms with van der Waals surface area (Å²) < 4.78 is 0. The fraction of sp³-hybridized carbons (Fsp3) is 0.900. The Morgan fingerprint density at radius 1 is 1.10 bits per heavy atom. The molecule has 9 heteroatoms. The molecular weight excluding hydrogens is 408 g/mol. The summed E-state index contributed by atoms with van der Waals surface area (Å²) in [5, 5.41) is 19.0. The second kappa shape index (κ2) is 16.2. The lowest BCUT2D eigenvalue weighted by atomic mass is 9.95. The molecular formula is C20H42N4O3S2. The molecule has 0 spiro atoms. The largest absolute Gasteiger partial charge is 0.480 e. The van der Waals surface area contributed by atoms with Crippen LogP contribution in [0.2, 0.25) is 0 Å². The number of nitrogens with one attached hydrogen (secondary N) is 3. The first-order chi connectivity index (χ1) is 13.7. The fourth-order valence-corrected chi connectivity index (χ4v) is 3.52. The van der Waals surface area contributed by atoms with E-state index >= 15 is 0 Å². The van der Waals surface area contributed by atoms with Gasteiger partial charge in [0.1, 0.15) is 6.04 Å². The molecule has 0 rings (SSSR count). The SMILES string of the molecule is CC[C@H](C)C(NC[C@@H](NC[C@@H](N)CS)[C@@H](C)CC)C(=O)N[C@@H](CCSC)C(=O)O. The van der Waals surface area contributed by atoms with Crippen molar-refractivity contribution < 1.29 is 14.7 Å². The number of amides is 1. The van der Waals surface area contributed by atoms with E-state index in [1.807, 2.05) is 20.1 Å². The van der Waals surface area contributed by atoms with Crippen molar-refractivity contribution in [1.82, 2.24) is 16.0 Å². The molecule has 0 bridgehead atoms. The number of hydrogen-bond donors (Lipinski definition) is 6. The third kappa shape index (κ3) is 11.5.